The van der Waals surface area contributed by atoms with Gasteiger partial charge in [0.2, 0.25) is 5.75 Å². The molecular formula is C30H33ClN2O6S. The normalized spacial score (nSPS) is 11.9. The van der Waals surface area contributed by atoms with Crippen LogP contribution in [0.5, 0.6) is 28.7 Å². The minimum atomic E-state index is -0.370. The minimum Gasteiger partial charge on any atom is -0.494 e. The molecule has 212 valence electrons. The first kappa shape index (κ1) is 29.3. The second kappa shape index (κ2) is 14.1. The van der Waals surface area contributed by atoms with Gasteiger partial charge in [-0.1, -0.05) is 17.7 Å². The van der Waals surface area contributed by atoms with Gasteiger partial charge in [0.05, 0.1) is 40.2 Å². The quantitative estimate of drug-likeness (QED) is 0.203. The number of rotatable bonds is 12. The number of halogens is 1. The summed E-state index contributed by atoms with van der Waals surface area (Å²) >= 11 is 11.5. The van der Waals surface area contributed by atoms with Crippen molar-refractivity contribution in [3.63, 3.8) is 0 Å². The van der Waals surface area contributed by atoms with Crippen molar-refractivity contribution in [1.82, 2.24) is 5.32 Å². The van der Waals surface area contributed by atoms with Gasteiger partial charge in [0.1, 0.15) is 11.5 Å². The van der Waals surface area contributed by atoms with E-state index in [2.05, 4.69) is 5.32 Å². The Morgan fingerprint density at radius 2 is 1.57 bits per heavy atom. The molecule has 0 saturated heterocycles. The number of amides is 1. The van der Waals surface area contributed by atoms with E-state index in [1.165, 1.54) is 21.3 Å². The number of carbonyl (C=O) groups is 1. The summed E-state index contributed by atoms with van der Waals surface area (Å²) in [6.45, 7) is 1.91. The van der Waals surface area contributed by atoms with Crippen molar-refractivity contribution in [3.05, 3.63) is 70.7 Å². The number of thiocarbonyl (C=S) groups is 1. The van der Waals surface area contributed by atoms with Gasteiger partial charge in [-0.05, 0) is 86.4 Å². The van der Waals surface area contributed by atoms with E-state index in [1.807, 2.05) is 47.4 Å². The maximum atomic E-state index is 13.1. The molecule has 40 heavy (non-hydrogen) atoms. The molecule has 8 nitrogen and oxygen atoms in total. The Labute approximate surface area is 245 Å². The van der Waals surface area contributed by atoms with Crippen LogP contribution in [0.15, 0.2) is 54.6 Å². The highest BCUT2D eigenvalue weighted by atomic mass is 35.5. The van der Waals surface area contributed by atoms with Crippen molar-refractivity contribution in [1.29, 1.82) is 0 Å². The van der Waals surface area contributed by atoms with Crippen molar-refractivity contribution in [2.45, 2.75) is 25.7 Å². The van der Waals surface area contributed by atoms with Crippen molar-refractivity contribution >= 4 is 40.5 Å². The SMILES string of the molecule is COc1cc(C(=O)NC(=S)N2CCc3c(OCCCCCOc4ccc(Cl)cc4)cccc32)cc(OC)c1OC. The molecule has 0 fully saturated rings. The molecule has 1 aliphatic rings. The molecule has 10 heteroatoms. The van der Waals surface area contributed by atoms with E-state index in [4.69, 9.17) is 47.5 Å². The van der Waals surface area contributed by atoms with Crippen LogP contribution in [0.2, 0.25) is 5.02 Å². The molecule has 4 rings (SSSR count). The minimum absolute atomic E-state index is 0.315. The second-order valence-corrected chi connectivity index (χ2v) is 9.86. The summed E-state index contributed by atoms with van der Waals surface area (Å²) in [5, 5.41) is 3.84. The number of hydrogen-bond donors (Lipinski definition) is 1. The van der Waals surface area contributed by atoms with Gasteiger partial charge in [0.15, 0.2) is 16.6 Å². The number of unbranched alkanes of at least 4 members (excludes halogenated alkanes) is 2. The van der Waals surface area contributed by atoms with E-state index in [9.17, 15) is 4.79 Å². The van der Waals surface area contributed by atoms with Gasteiger partial charge < -0.3 is 28.6 Å². The number of carbonyl (C=O) groups excluding carboxylic acids is 1. The smallest absolute Gasteiger partial charge is 0.257 e. The molecule has 0 bridgehead atoms. The van der Waals surface area contributed by atoms with Crippen LogP contribution < -0.4 is 33.9 Å². The van der Waals surface area contributed by atoms with E-state index in [1.54, 1.807) is 12.1 Å². The van der Waals surface area contributed by atoms with Gasteiger partial charge in [-0.25, -0.2) is 0 Å². The molecule has 1 amide bonds. The first-order valence-corrected chi connectivity index (χ1v) is 13.8. The Morgan fingerprint density at radius 3 is 2.23 bits per heavy atom. The highest BCUT2D eigenvalue weighted by Crippen LogP contribution is 2.38. The van der Waals surface area contributed by atoms with Gasteiger partial charge in [-0.3, -0.25) is 10.1 Å². The van der Waals surface area contributed by atoms with Crippen LogP contribution >= 0.6 is 23.8 Å². The zero-order valence-corrected chi connectivity index (χ0v) is 24.4. The third-order valence-corrected chi connectivity index (χ3v) is 7.08. The first-order chi connectivity index (χ1) is 19.4. The molecule has 1 N–H and O–H groups in total. The van der Waals surface area contributed by atoms with Gasteiger partial charge in [-0.2, -0.15) is 0 Å². The Kier molecular flexibility index (Phi) is 10.3. The molecule has 0 saturated carbocycles. The van der Waals surface area contributed by atoms with Crippen LogP contribution in [-0.2, 0) is 6.42 Å². The molecule has 3 aromatic rings. The standard InChI is InChI=1S/C30H33ClN2O6S/c1-35-26-18-20(19-27(36-2)28(26)37-3)29(34)32-30(40)33-15-14-23-24(33)8-7-9-25(23)39-17-6-4-5-16-38-22-12-10-21(31)11-13-22/h7-13,18-19H,4-6,14-17H2,1-3H3,(H,32,34,40). The fourth-order valence-electron chi connectivity index (χ4n) is 4.48. The van der Waals surface area contributed by atoms with Crippen molar-refractivity contribution in [2.75, 3.05) is 46.0 Å². The number of ether oxygens (including phenoxy) is 5. The second-order valence-electron chi connectivity index (χ2n) is 9.04. The van der Waals surface area contributed by atoms with Gasteiger partial charge >= 0.3 is 0 Å². The van der Waals surface area contributed by atoms with Crippen LogP contribution in [-0.4, -0.2) is 52.1 Å². The van der Waals surface area contributed by atoms with Gasteiger partial charge in [0.25, 0.3) is 5.91 Å². The van der Waals surface area contributed by atoms with E-state index < -0.39 is 0 Å². The summed E-state index contributed by atoms with van der Waals surface area (Å²) in [6, 6.07) is 16.5. The molecule has 1 aliphatic heterocycles. The predicted octanol–water partition coefficient (Wildman–Crippen LogP) is 6.07. The fraction of sp³-hybridized carbons (Fsp3) is 0.333. The zero-order valence-electron chi connectivity index (χ0n) is 22.8. The number of fused-ring (bicyclic) bond motifs is 1. The van der Waals surface area contributed by atoms with Crippen molar-refractivity contribution in [2.24, 2.45) is 0 Å². The maximum Gasteiger partial charge on any atom is 0.257 e. The van der Waals surface area contributed by atoms with Crippen LogP contribution in [0.1, 0.15) is 35.2 Å². The monoisotopic (exact) mass is 584 g/mol. The maximum absolute atomic E-state index is 13.1. The fourth-order valence-corrected chi connectivity index (χ4v) is 4.89. The predicted molar refractivity (Wildman–Crippen MR) is 160 cm³/mol. The Bertz CT molecular complexity index is 1310. The molecule has 0 spiro atoms. The molecule has 0 unspecified atom stereocenters. The van der Waals surface area contributed by atoms with Crippen LogP contribution in [0, 0.1) is 0 Å². The molecule has 0 aliphatic carbocycles. The summed E-state index contributed by atoms with van der Waals surface area (Å²) in [4.78, 5) is 15.0. The highest BCUT2D eigenvalue weighted by Gasteiger charge is 2.27. The molecule has 1 heterocycles. The van der Waals surface area contributed by atoms with E-state index >= 15 is 0 Å². The Morgan fingerprint density at radius 1 is 0.900 bits per heavy atom. The van der Waals surface area contributed by atoms with Crippen LogP contribution in [0.4, 0.5) is 5.69 Å². The first-order valence-electron chi connectivity index (χ1n) is 13.0. The number of anilines is 1. The lowest BCUT2D eigenvalue weighted by Crippen LogP contribution is -2.42. The average molecular weight is 585 g/mol. The molecule has 0 atom stereocenters. The zero-order chi connectivity index (χ0) is 28.5. The third-order valence-electron chi connectivity index (χ3n) is 6.51. The number of nitrogens with one attached hydrogen (secondary N) is 1. The van der Waals surface area contributed by atoms with E-state index in [-0.39, 0.29) is 5.91 Å². The van der Waals surface area contributed by atoms with Crippen molar-refractivity contribution in [3.8, 4) is 28.7 Å². The molecule has 3 aromatic carbocycles. The Balaban J connectivity index is 1.29. The largest absolute Gasteiger partial charge is 0.494 e. The van der Waals surface area contributed by atoms with Crippen molar-refractivity contribution < 1.29 is 28.5 Å². The number of methoxy groups -OCH3 is 3. The Hall–Kier alpha value is -3.69. The lowest BCUT2D eigenvalue weighted by molar-refractivity contribution is 0.0976. The number of nitrogens with zero attached hydrogens (tertiary/aromatic N) is 1. The van der Waals surface area contributed by atoms with E-state index in [0.29, 0.717) is 52.7 Å². The van der Waals surface area contributed by atoms with Crippen LogP contribution in [0.3, 0.4) is 0 Å². The molecule has 0 radical (unpaired) electrons. The summed E-state index contributed by atoms with van der Waals surface area (Å²) in [7, 11) is 4.51. The molecule has 0 aromatic heterocycles. The number of hydrogen-bond acceptors (Lipinski definition) is 7. The van der Waals surface area contributed by atoms with Gasteiger partial charge in [0, 0.05) is 22.7 Å². The summed E-state index contributed by atoms with van der Waals surface area (Å²) in [5.41, 5.74) is 2.36. The summed E-state index contributed by atoms with van der Waals surface area (Å²) in [6.07, 6.45) is 3.61. The number of benzene rings is 3. The topological polar surface area (TPSA) is 78.5 Å². The highest BCUT2D eigenvalue weighted by molar-refractivity contribution is 7.80. The lowest BCUT2D eigenvalue weighted by Gasteiger charge is -2.21. The average Bonchev–Trinajstić information content (AvgIpc) is 3.42. The van der Waals surface area contributed by atoms with Crippen LogP contribution in [0.25, 0.3) is 0 Å². The lowest BCUT2D eigenvalue weighted by atomic mass is 10.1. The van der Waals surface area contributed by atoms with Gasteiger partial charge in [-0.15, -0.1) is 0 Å². The molecular weight excluding hydrogens is 552 g/mol. The third kappa shape index (κ3) is 7.08. The summed E-state index contributed by atoms with van der Waals surface area (Å²) < 4.78 is 27.9. The summed E-state index contributed by atoms with van der Waals surface area (Å²) in [5.74, 6) is 2.49. The van der Waals surface area contributed by atoms with E-state index in [0.717, 1.165) is 48.4 Å².